The van der Waals surface area contributed by atoms with Crippen LogP contribution >= 0.6 is 0 Å². The topological polar surface area (TPSA) is 74.5 Å². The lowest BCUT2D eigenvalue weighted by Gasteiger charge is -2.09. The molecule has 0 aliphatic rings. The van der Waals surface area contributed by atoms with Crippen molar-refractivity contribution in [3.63, 3.8) is 0 Å². The summed E-state index contributed by atoms with van der Waals surface area (Å²) in [6, 6.07) is 6.65. The van der Waals surface area contributed by atoms with Crippen LogP contribution in [-0.2, 0) is 4.74 Å². The minimum absolute atomic E-state index is 0.277. The smallest absolute Gasteiger partial charge is 0.338 e. The van der Waals surface area contributed by atoms with Crippen LogP contribution in [0.3, 0.4) is 0 Å². The van der Waals surface area contributed by atoms with Crippen molar-refractivity contribution in [1.82, 2.24) is 10.2 Å². The molecule has 100 valence electrons. The third-order valence-corrected chi connectivity index (χ3v) is 2.50. The number of carbonyl (C=O) groups excluding carboxylic acids is 1. The van der Waals surface area contributed by atoms with Crippen LogP contribution in [0.4, 0.5) is 0 Å². The second kappa shape index (κ2) is 5.51. The number of benzene rings is 1. The van der Waals surface area contributed by atoms with Crippen molar-refractivity contribution in [3.05, 3.63) is 41.6 Å². The van der Waals surface area contributed by atoms with Crippen molar-refractivity contribution < 1.29 is 18.7 Å². The van der Waals surface area contributed by atoms with E-state index in [9.17, 15) is 4.79 Å². The van der Waals surface area contributed by atoms with Crippen LogP contribution in [0.25, 0.3) is 0 Å². The summed E-state index contributed by atoms with van der Waals surface area (Å²) in [6.07, 6.45) is -0.587. The molecule has 1 atom stereocenters. The van der Waals surface area contributed by atoms with Crippen molar-refractivity contribution in [2.24, 2.45) is 0 Å². The third kappa shape index (κ3) is 3.09. The summed E-state index contributed by atoms with van der Waals surface area (Å²) in [5.74, 6) is 0.935. The van der Waals surface area contributed by atoms with Crippen molar-refractivity contribution >= 4 is 5.97 Å². The lowest BCUT2D eigenvalue weighted by molar-refractivity contribution is 0.0277. The fraction of sp³-hybridized carbons (Fsp3) is 0.308. The summed E-state index contributed by atoms with van der Waals surface area (Å²) < 4.78 is 15.4. The lowest BCUT2D eigenvalue weighted by atomic mass is 10.2. The summed E-state index contributed by atoms with van der Waals surface area (Å²) in [5, 5.41) is 7.49. The Morgan fingerprint density at radius 1 is 1.26 bits per heavy atom. The van der Waals surface area contributed by atoms with Gasteiger partial charge < -0.3 is 13.9 Å². The van der Waals surface area contributed by atoms with Gasteiger partial charge in [0.15, 0.2) is 6.10 Å². The van der Waals surface area contributed by atoms with E-state index in [0.29, 0.717) is 17.2 Å². The van der Waals surface area contributed by atoms with E-state index in [-0.39, 0.29) is 5.89 Å². The van der Waals surface area contributed by atoms with Gasteiger partial charge in [-0.15, -0.1) is 10.2 Å². The zero-order valence-electron chi connectivity index (χ0n) is 10.9. The molecule has 0 fully saturated rings. The Labute approximate surface area is 110 Å². The predicted molar refractivity (Wildman–Crippen MR) is 65.9 cm³/mol. The molecule has 1 aromatic heterocycles. The molecule has 0 N–H and O–H groups in total. The van der Waals surface area contributed by atoms with E-state index in [1.165, 1.54) is 0 Å². The van der Waals surface area contributed by atoms with Gasteiger partial charge in [-0.2, -0.15) is 0 Å². The Bertz CT molecular complexity index is 562. The molecule has 0 aliphatic heterocycles. The number of aromatic nitrogens is 2. The van der Waals surface area contributed by atoms with Gasteiger partial charge in [0, 0.05) is 6.92 Å². The van der Waals surface area contributed by atoms with Gasteiger partial charge in [0.25, 0.3) is 5.89 Å². The van der Waals surface area contributed by atoms with Crippen LogP contribution < -0.4 is 4.74 Å². The summed E-state index contributed by atoms with van der Waals surface area (Å²) >= 11 is 0. The van der Waals surface area contributed by atoms with E-state index in [1.54, 1.807) is 45.2 Å². The highest BCUT2D eigenvalue weighted by Crippen LogP contribution is 2.18. The molecule has 2 rings (SSSR count). The number of aryl methyl sites for hydroxylation is 1. The summed E-state index contributed by atoms with van der Waals surface area (Å²) in [7, 11) is 1.56. The minimum Gasteiger partial charge on any atom is -0.497 e. The standard InChI is InChI=1S/C13H14N2O4/c1-8(12-15-14-9(2)19-12)18-13(16)10-4-6-11(17-3)7-5-10/h4-8H,1-3H3/t8-/m1/s1. The number of carbonyl (C=O) groups is 1. The zero-order chi connectivity index (χ0) is 13.8. The molecule has 0 radical (unpaired) electrons. The summed E-state index contributed by atoms with van der Waals surface area (Å²) in [4.78, 5) is 11.9. The number of rotatable bonds is 4. The molecular formula is C13H14N2O4. The van der Waals surface area contributed by atoms with Gasteiger partial charge in [0.05, 0.1) is 12.7 Å². The second-order valence-electron chi connectivity index (χ2n) is 3.94. The molecular weight excluding hydrogens is 248 g/mol. The van der Waals surface area contributed by atoms with Gasteiger partial charge in [0.1, 0.15) is 5.75 Å². The Morgan fingerprint density at radius 3 is 2.47 bits per heavy atom. The number of nitrogens with zero attached hydrogens (tertiary/aromatic N) is 2. The van der Waals surface area contributed by atoms with E-state index < -0.39 is 12.1 Å². The minimum atomic E-state index is -0.587. The Hall–Kier alpha value is -2.37. The first-order valence-corrected chi connectivity index (χ1v) is 5.75. The van der Waals surface area contributed by atoms with E-state index in [1.807, 2.05) is 0 Å². The maximum Gasteiger partial charge on any atom is 0.338 e. The van der Waals surface area contributed by atoms with Crippen LogP contribution in [0.15, 0.2) is 28.7 Å². The Balaban J connectivity index is 2.03. The SMILES string of the molecule is COc1ccc(C(=O)O[C@H](C)c2nnc(C)o2)cc1. The fourth-order valence-electron chi connectivity index (χ4n) is 1.48. The number of hydrogen-bond donors (Lipinski definition) is 0. The van der Waals surface area contributed by atoms with Crippen molar-refractivity contribution in [2.45, 2.75) is 20.0 Å². The van der Waals surface area contributed by atoms with Crippen LogP contribution in [0.5, 0.6) is 5.75 Å². The molecule has 19 heavy (non-hydrogen) atoms. The number of esters is 1. The first-order chi connectivity index (χ1) is 9.10. The average Bonchev–Trinajstić information content (AvgIpc) is 2.85. The third-order valence-electron chi connectivity index (χ3n) is 2.50. The van der Waals surface area contributed by atoms with Gasteiger partial charge >= 0.3 is 5.97 Å². The summed E-state index contributed by atoms with van der Waals surface area (Å²) in [6.45, 7) is 3.35. The van der Waals surface area contributed by atoms with E-state index >= 15 is 0 Å². The van der Waals surface area contributed by atoms with Crippen LogP contribution in [0.2, 0.25) is 0 Å². The maximum absolute atomic E-state index is 11.9. The molecule has 0 amide bonds. The molecule has 1 heterocycles. The first kappa shape index (κ1) is 13.1. The molecule has 0 saturated heterocycles. The van der Waals surface area contributed by atoms with E-state index in [2.05, 4.69) is 10.2 Å². The van der Waals surface area contributed by atoms with Crippen molar-refractivity contribution in [3.8, 4) is 5.75 Å². The van der Waals surface area contributed by atoms with Crippen molar-refractivity contribution in [1.29, 1.82) is 0 Å². The van der Waals surface area contributed by atoms with Crippen LogP contribution in [-0.4, -0.2) is 23.3 Å². The number of hydrogen-bond acceptors (Lipinski definition) is 6. The Kier molecular flexibility index (Phi) is 3.79. The molecule has 6 nitrogen and oxygen atoms in total. The van der Waals surface area contributed by atoms with Gasteiger partial charge in [-0.1, -0.05) is 0 Å². The number of methoxy groups -OCH3 is 1. The van der Waals surface area contributed by atoms with Gasteiger partial charge in [-0.05, 0) is 31.2 Å². The molecule has 0 spiro atoms. The second-order valence-corrected chi connectivity index (χ2v) is 3.94. The van der Waals surface area contributed by atoms with Crippen molar-refractivity contribution in [2.75, 3.05) is 7.11 Å². The monoisotopic (exact) mass is 262 g/mol. The van der Waals surface area contributed by atoms with Gasteiger partial charge in [-0.25, -0.2) is 4.79 Å². The highest BCUT2D eigenvalue weighted by molar-refractivity contribution is 5.89. The Morgan fingerprint density at radius 2 is 1.95 bits per heavy atom. The average molecular weight is 262 g/mol. The first-order valence-electron chi connectivity index (χ1n) is 5.75. The molecule has 6 heteroatoms. The summed E-state index contributed by atoms with van der Waals surface area (Å²) in [5.41, 5.74) is 0.434. The van der Waals surface area contributed by atoms with Gasteiger partial charge in [0.2, 0.25) is 5.89 Å². The lowest BCUT2D eigenvalue weighted by Crippen LogP contribution is -2.09. The molecule has 2 aromatic rings. The largest absolute Gasteiger partial charge is 0.497 e. The van der Waals surface area contributed by atoms with E-state index in [4.69, 9.17) is 13.9 Å². The number of ether oxygens (including phenoxy) is 2. The molecule has 0 saturated carbocycles. The molecule has 1 aromatic carbocycles. The zero-order valence-corrected chi connectivity index (χ0v) is 10.9. The molecule has 0 unspecified atom stereocenters. The highest BCUT2D eigenvalue weighted by Gasteiger charge is 2.18. The van der Waals surface area contributed by atoms with Crippen LogP contribution in [0, 0.1) is 6.92 Å². The quantitative estimate of drug-likeness (QED) is 0.787. The molecule has 0 aliphatic carbocycles. The predicted octanol–water partition coefficient (Wildman–Crippen LogP) is 2.30. The van der Waals surface area contributed by atoms with Crippen LogP contribution in [0.1, 0.15) is 35.2 Å². The molecule has 0 bridgehead atoms. The van der Waals surface area contributed by atoms with E-state index in [0.717, 1.165) is 0 Å². The highest BCUT2D eigenvalue weighted by atomic mass is 16.6. The maximum atomic E-state index is 11.9. The normalized spacial score (nSPS) is 11.9. The fourth-order valence-corrected chi connectivity index (χ4v) is 1.48. The van der Waals surface area contributed by atoms with Gasteiger partial charge in [-0.3, -0.25) is 0 Å².